The molecule has 0 aromatic heterocycles. The van der Waals surface area contributed by atoms with Crippen LogP contribution in [0.3, 0.4) is 0 Å². The molecule has 108 valence electrons. The molecule has 0 saturated heterocycles. The summed E-state index contributed by atoms with van der Waals surface area (Å²) in [5.41, 5.74) is 1.03. The van der Waals surface area contributed by atoms with Crippen LogP contribution < -0.4 is 10.1 Å². The molecule has 0 aliphatic rings. The predicted molar refractivity (Wildman–Crippen MR) is 72.7 cm³/mol. The smallest absolute Gasteiger partial charge is 0.401 e. The van der Waals surface area contributed by atoms with Gasteiger partial charge in [0.1, 0.15) is 12.4 Å². The maximum absolute atomic E-state index is 11.9. The lowest BCUT2D eigenvalue weighted by Gasteiger charge is -2.15. The third-order valence-electron chi connectivity index (χ3n) is 2.46. The second-order valence-corrected chi connectivity index (χ2v) is 5.39. The van der Waals surface area contributed by atoms with E-state index in [2.05, 4.69) is 21.2 Å². The molecule has 1 aromatic rings. The molecule has 6 heteroatoms. The van der Waals surface area contributed by atoms with E-state index in [9.17, 15) is 13.2 Å². The van der Waals surface area contributed by atoms with Crippen LogP contribution in [0.5, 0.6) is 5.75 Å². The van der Waals surface area contributed by atoms with Crippen LogP contribution in [0.1, 0.15) is 25.3 Å². The summed E-state index contributed by atoms with van der Waals surface area (Å²) in [7, 11) is 0. The van der Waals surface area contributed by atoms with Gasteiger partial charge < -0.3 is 10.1 Å². The predicted octanol–water partition coefficient (Wildman–Crippen LogP) is 4.10. The van der Waals surface area contributed by atoms with Crippen LogP contribution in [0.15, 0.2) is 22.7 Å². The van der Waals surface area contributed by atoms with E-state index >= 15 is 0 Å². The van der Waals surface area contributed by atoms with Crippen LogP contribution in [-0.4, -0.2) is 25.9 Å². The Balaban J connectivity index is 2.45. The Bertz CT molecular complexity index is 407. The quantitative estimate of drug-likeness (QED) is 0.787. The first kappa shape index (κ1) is 16.3. The van der Waals surface area contributed by atoms with Gasteiger partial charge in [-0.1, -0.05) is 29.8 Å². The summed E-state index contributed by atoms with van der Waals surface area (Å²) < 4.78 is 42.2. The van der Waals surface area contributed by atoms with E-state index in [1.54, 1.807) is 0 Å². The van der Waals surface area contributed by atoms with Gasteiger partial charge in [-0.3, -0.25) is 0 Å². The summed E-state index contributed by atoms with van der Waals surface area (Å²) in [6.07, 6.45) is -4.18. The molecule has 1 N–H and O–H groups in total. The van der Waals surface area contributed by atoms with Crippen molar-refractivity contribution < 1.29 is 17.9 Å². The summed E-state index contributed by atoms with van der Waals surface area (Å²) in [6, 6.07) is 5.64. The van der Waals surface area contributed by atoms with Gasteiger partial charge in [0, 0.05) is 11.0 Å². The minimum absolute atomic E-state index is 0.160. The molecule has 0 radical (unpaired) electrons. The van der Waals surface area contributed by atoms with E-state index < -0.39 is 12.7 Å². The van der Waals surface area contributed by atoms with E-state index in [1.165, 1.54) is 0 Å². The lowest BCUT2D eigenvalue weighted by atomic mass is 10.0. The second-order valence-electron chi connectivity index (χ2n) is 4.48. The van der Waals surface area contributed by atoms with Crippen molar-refractivity contribution in [1.82, 2.24) is 5.32 Å². The Labute approximate surface area is 119 Å². The molecule has 0 saturated carbocycles. The normalized spacial score (nSPS) is 11.9. The number of halogens is 4. The SMILES string of the molecule is CC(C)c1cc(Br)ccc1OCCNCC(F)(F)F. The monoisotopic (exact) mass is 339 g/mol. The number of ether oxygens (including phenoxy) is 1. The molecule has 0 unspecified atom stereocenters. The number of hydrogen-bond donors (Lipinski definition) is 1. The molecular formula is C13H17BrF3NO. The van der Waals surface area contributed by atoms with Crippen molar-refractivity contribution in [2.45, 2.75) is 25.9 Å². The van der Waals surface area contributed by atoms with Crippen LogP contribution in [0.4, 0.5) is 13.2 Å². The molecule has 0 spiro atoms. The van der Waals surface area contributed by atoms with Crippen LogP contribution in [0.25, 0.3) is 0 Å². The second kappa shape index (κ2) is 7.14. The van der Waals surface area contributed by atoms with Crippen molar-refractivity contribution in [2.24, 2.45) is 0 Å². The number of alkyl halides is 3. The van der Waals surface area contributed by atoms with Gasteiger partial charge in [0.15, 0.2) is 0 Å². The third-order valence-corrected chi connectivity index (χ3v) is 2.95. The van der Waals surface area contributed by atoms with Gasteiger partial charge in [-0.15, -0.1) is 0 Å². The number of hydrogen-bond acceptors (Lipinski definition) is 2. The van der Waals surface area contributed by atoms with Crippen LogP contribution in [0, 0.1) is 0 Å². The number of nitrogens with one attached hydrogen (secondary N) is 1. The highest BCUT2D eigenvalue weighted by molar-refractivity contribution is 9.10. The van der Waals surface area contributed by atoms with Gasteiger partial charge in [0.05, 0.1) is 6.54 Å². The average molecular weight is 340 g/mol. The maximum Gasteiger partial charge on any atom is 0.401 e. The van der Waals surface area contributed by atoms with Crippen molar-refractivity contribution in [1.29, 1.82) is 0 Å². The maximum atomic E-state index is 11.9. The third kappa shape index (κ3) is 6.29. The van der Waals surface area contributed by atoms with E-state index in [-0.39, 0.29) is 19.1 Å². The fourth-order valence-electron chi connectivity index (χ4n) is 1.57. The molecule has 0 amide bonds. The molecule has 0 fully saturated rings. The standard InChI is InChI=1S/C13H17BrF3NO/c1-9(2)11-7-10(14)3-4-12(11)19-6-5-18-8-13(15,16)17/h3-4,7,9,18H,5-6,8H2,1-2H3. The molecule has 0 atom stereocenters. The number of benzene rings is 1. The Kier molecular flexibility index (Phi) is 6.13. The molecular weight excluding hydrogens is 323 g/mol. The molecule has 0 heterocycles. The fraction of sp³-hybridized carbons (Fsp3) is 0.538. The highest BCUT2D eigenvalue weighted by Crippen LogP contribution is 2.29. The van der Waals surface area contributed by atoms with Crippen molar-refractivity contribution in [3.05, 3.63) is 28.2 Å². The highest BCUT2D eigenvalue weighted by Gasteiger charge is 2.25. The van der Waals surface area contributed by atoms with Gasteiger partial charge >= 0.3 is 6.18 Å². The van der Waals surface area contributed by atoms with E-state index in [1.807, 2.05) is 32.0 Å². The molecule has 0 bridgehead atoms. The topological polar surface area (TPSA) is 21.3 Å². The van der Waals surface area contributed by atoms with Crippen molar-refractivity contribution >= 4 is 15.9 Å². The zero-order valence-electron chi connectivity index (χ0n) is 10.9. The van der Waals surface area contributed by atoms with Gasteiger partial charge in [0.25, 0.3) is 0 Å². The summed E-state index contributed by atoms with van der Waals surface area (Å²) in [5.74, 6) is 1.00. The molecule has 1 aromatic carbocycles. The van der Waals surface area contributed by atoms with Crippen LogP contribution in [-0.2, 0) is 0 Å². The first-order valence-electron chi connectivity index (χ1n) is 5.99. The Hall–Kier alpha value is -0.750. The van der Waals surface area contributed by atoms with E-state index in [0.29, 0.717) is 5.75 Å². The molecule has 1 rings (SSSR count). The number of rotatable bonds is 6. The summed E-state index contributed by atoms with van der Waals surface area (Å²) >= 11 is 3.39. The molecule has 0 aliphatic heterocycles. The molecule has 0 aliphatic carbocycles. The zero-order valence-corrected chi connectivity index (χ0v) is 12.4. The largest absolute Gasteiger partial charge is 0.492 e. The van der Waals surface area contributed by atoms with Crippen molar-refractivity contribution in [3.8, 4) is 5.75 Å². The van der Waals surface area contributed by atoms with Crippen LogP contribution in [0.2, 0.25) is 0 Å². The van der Waals surface area contributed by atoms with Gasteiger partial charge in [-0.2, -0.15) is 13.2 Å². The minimum atomic E-state index is -4.18. The Morgan fingerprint density at radius 2 is 2.00 bits per heavy atom. The van der Waals surface area contributed by atoms with E-state index in [4.69, 9.17) is 4.74 Å². The van der Waals surface area contributed by atoms with Crippen LogP contribution >= 0.6 is 15.9 Å². The molecule has 2 nitrogen and oxygen atoms in total. The molecule has 19 heavy (non-hydrogen) atoms. The Morgan fingerprint density at radius 3 is 2.58 bits per heavy atom. The summed E-state index contributed by atoms with van der Waals surface area (Å²) in [6.45, 7) is 3.45. The summed E-state index contributed by atoms with van der Waals surface area (Å²) in [5, 5.41) is 2.30. The minimum Gasteiger partial charge on any atom is -0.492 e. The first-order chi connectivity index (χ1) is 8.79. The first-order valence-corrected chi connectivity index (χ1v) is 6.78. The fourth-order valence-corrected chi connectivity index (χ4v) is 1.94. The Morgan fingerprint density at radius 1 is 1.32 bits per heavy atom. The highest BCUT2D eigenvalue weighted by atomic mass is 79.9. The van der Waals surface area contributed by atoms with Gasteiger partial charge in [-0.05, 0) is 29.7 Å². The van der Waals surface area contributed by atoms with Crippen molar-refractivity contribution in [3.63, 3.8) is 0 Å². The summed E-state index contributed by atoms with van der Waals surface area (Å²) in [4.78, 5) is 0. The van der Waals surface area contributed by atoms with E-state index in [0.717, 1.165) is 10.0 Å². The van der Waals surface area contributed by atoms with Crippen molar-refractivity contribution in [2.75, 3.05) is 19.7 Å². The van der Waals surface area contributed by atoms with Gasteiger partial charge in [0.2, 0.25) is 0 Å². The zero-order chi connectivity index (χ0) is 14.5. The lowest BCUT2D eigenvalue weighted by molar-refractivity contribution is -0.124. The van der Waals surface area contributed by atoms with Gasteiger partial charge in [-0.25, -0.2) is 0 Å². The average Bonchev–Trinajstić information content (AvgIpc) is 2.28. The lowest BCUT2D eigenvalue weighted by Crippen LogP contribution is -2.31.